The number of hydrogen-bond donors (Lipinski definition) is 0. The average molecular weight is 274 g/mol. The molecule has 0 spiro atoms. The normalized spacial score (nSPS) is 10.2. The quantitative estimate of drug-likeness (QED) is 0.804. The molecule has 0 N–H and O–H groups in total. The van der Waals surface area contributed by atoms with E-state index in [1.807, 2.05) is 12.1 Å². The smallest absolute Gasteiger partial charge is 0.339 e. The topological polar surface area (TPSA) is 61.8 Å². The lowest BCUT2D eigenvalue weighted by Gasteiger charge is -2.13. The van der Waals surface area contributed by atoms with Crippen molar-refractivity contribution in [3.8, 4) is 5.75 Å². The molecule has 0 heterocycles. The van der Waals surface area contributed by atoms with Crippen LogP contribution in [0.4, 0.5) is 0 Å². The molecule has 0 aromatic heterocycles. The molecule has 0 aliphatic heterocycles. The van der Waals surface area contributed by atoms with Crippen molar-refractivity contribution in [2.75, 3.05) is 21.3 Å². The first-order valence-electron chi connectivity index (χ1n) is 5.90. The van der Waals surface area contributed by atoms with Crippen LogP contribution in [0, 0.1) is 0 Å². The number of esters is 2. The van der Waals surface area contributed by atoms with Gasteiger partial charge in [-0.3, -0.25) is 0 Å². The fourth-order valence-corrected chi connectivity index (χ4v) is 2.10. The highest BCUT2D eigenvalue weighted by Gasteiger charge is 2.23. The first kappa shape index (κ1) is 13.9. The molecule has 0 aliphatic carbocycles. The zero-order valence-corrected chi connectivity index (χ0v) is 11.4. The standard InChI is InChI=1S/C15H14O5/c1-18-12-8-11(14(16)19-2)13(15(17)20-3)10-7-5-4-6-9(10)12/h4-8H,1-3H3. The molecule has 5 nitrogen and oxygen atoms in total. The second-order valence-corrected chi connectivity index (χ2v) is 4.03. The molecule has 0 saturated heterocycles. The minimum atomic E-state index is -0.616. The summed E-state index contributed by atoms with van der Waals surface area (Å²) in [5, 5.41) is 1.31. The van der Waals surface area contributed by atoms with Crippen LogP contribution in [-0.4, -0.2) is 33.3 Å². The maximum atomic E-state index is 12.0. The van der Waals surface area contributed by atoms with E-state index in [9.17, 15) is 9.59 Å². The lowest BCUT2D eigenvalue weighted by molar-refractivity contribution is 0.0557. The fourth-order valence-electron chi connectivity index (χ4n) is 2.10. The summed E-state index contributed by atoms with van der Waals surface area (Å²) in [5.41, 5.74) is 0.297. The van der Waals surface area contributed by atoms with E-state index in [4.69, 9.17) is 14.2 Å². The highest BCUT2D eigenvalue weighted by Crippen LogP contribution is 2.32. The van der Waals surface area contributed by atoms with E-state index in [2.05, 4.69) is 0 Å². The Hall–Kier alpha value is -2.56. The van der Waals surface area contributed by atoms with E-state index in [1.54, 1.807) is 12.1 Å². The maximum Gasteiger partial charge on any atom is 0.339 e. The van der Waals surface area contributed by atoms with Crippen molar-refractivity contribution in [1.29, 1.82) is 0 Å². The Bertz CT molecular complexity index is 675. The SMILES string of the molecule is COC(=O)c1cc(OC)c2ccccc2c1C(=O)OC. The maximum absolute atomic E-state index is 12.0. The molecule has 0 bridgehead atoms. The Kier molecular flexibility index (Phi) is 3.89. The largest absolute Gasteiger partial charge is 0.496 e. The monoisotopic (exact) mass is 274 g/mol. The molecule has 2 aromatic carbocycles. The number of benzene rings is 2. The number of hydrogen-bond acceptors (Lipinski definition) is 5. The predicted molar refractivity (Wildman–Crippen MR) is 73.2 cm³/mol. The lowest BCUT2D eigenvalue weighted by atomic mass is 9.98. The Morgan fingerprint density at radius 2 is 1.50 bits per heavy atom. The van der Waals surface area contributed by atoms with Crippen molar-refractivity contribution < 1.29 is 23.8 Å². The number of fused-ring (bicyclic) bond motifs is 1. The molecule has 0 fully saturated rings. The molecule has 0 saturated carbocycles. The van der Waals surface area contributed by atoms with E-state index in [1.165, 1.54) is 27.4 Å². The van der Waals surface area contributed by atoms with Gasteiger partial charge >= 0.3 is 11.9 Å². The van der Waals surface area contributed by atoms with Crippen LogP contribution in [0.15, 0.2) is 30.3 Å². The predicted octanol–water partition coefficient (Wildman–Crippen LogP) is 2.42. The van der Waals surface area contributed by atoms with Crippen LogP contribution in [0.2, 0.25) is 0 Å². The number of rotatable bonds is 3. The summed E-state index contributed by atoms with van der Waals surface area (Å²) in [6.07, 6.45) is 0. The zero-order chi connectivity index (χ0) is 14.7. The average Bonchev–Trinajstić information content (AvgIpc) is 2.51. The van der Waals surface area contributed by atoms with Gasteiger partial charge in [0.05, 0.1) is 32.5 Å². The highest BCUT2D eigenvalue weighted by atomic mass is 16.5. The van der Waals surface area contributed by atoms with E-state index in [-0.39, 0.29) is 11.1 Å². The Balaban J connectivity index is 2.89. The third-order valence-corrected chi connectivity index (χ3v) is 3.02. The minimum absolute atomic E-state index is 0.120. The molecule has 0 atom stereocenters. The van der Waals surface area contributed by atoms with Crippen molar-refractivity contribution in [3.63, 3.8) is 0 Å². The van der Waals surface area contributed by atoms with Gasteiger partial charge in [0.2, 0.25) is 0 Å². The number of methoxy groups -OCH3 is 3. The van der Waals surface area contributed by atoms with E-state index in [0.29, 0.717) is 11.1 Å². The molecule has 2 aromatic rings. The molecule has 0 unspecified atom stereocenters. The van der Waals surface area contributed by atoms with Gasteiger partial charge in [0, 0.05) is 10.8 Å². The van der Waals surface area contributed by atoms with Crippen molar-refractivity contribution >= 4 is 22.7 Å². The lowest BCUT2D eigenvalue weighted by Crippen LogP contribution is -2.13. The van der Waals surface area contributed by atoms with Crippen LogP contribution in [0.5, 0.6) is 5.75 Å². The second kappa shape index (κ2) is 5.61. The third kappa shape index (κ3) is 2.18. The Morgan fingerprint density at radius 1 is 0.900 bits per heavy atom. The number of ether oxygens (including phenoxy) is 3. The van der Waals surface area contributed by atoms with Gasteiger partial charge in [-0.2, -0.15) is 0 Å². The first-order chi connectivity index (χ1) is 9.63. The fraction of sp³-hybridized carbons (Fsp3) is 0.200. The molecule has 5 heteroatoms. The second-order valence-electron chi connectivity index (χ2n) is 4.03. The van der Waals surface area contributed by atoms with Crippen LogP contribution in [0.3, 0.4) is 0 Å². The number of carbonyl (C=O) groups excluding carboxylic acids is 2. The van der Waals surface area contributed by atoms with Gasteiger partial charge in [-0.25, -0.2) is 9.59 Å². The van der Waals surface area contributed by atoms with Gasteiger partial charge < -0.3 is 14.2 Å². The van der Waals surface area contributed by atoms with E-state index < -0.39 is 11.9 Å². The third-order valence-electron chi connectivity index (χ3n) is 3.02. The summed E-state index contributed by atoms with van der Waals surface area (Å²) in [4.78, 5) is 23.9. The van der Waals surface area contributed by atoms with Crippen LogP contribution >= 0.6 is 0 Å². The van der Waals surface area contributed by atoms with E-state index in [0.717, 1.165) is 5.39 Å². The van der Waals surface area contributed by atoms with Crippen LogP contribution < -0.4 is 4.74 Å². The summed E-state index contributed by atoms with van der Waals surface area (Å²) >= 11 is 0. The summed E-state index contributed by atoms with van der Waals surface area (Å²) in [7, 11) is 4.02. The molecule has 0 radical (unpaired) electrons. The van der Waals surface area contributed by atoms with Crippen molar-refractivity contribution in [2.24, 2.45) is 0 Å². The molecule has 20 heavy (non-hydrogen) atoms. The van der Waals surface area contributed by atoms with Crippen molar-refractivity contribution in [2.45, 2.75) is 0 Å². The Labute approximate surface area is 116 Å². The Morgan fingerprint density at radius 3 is 2.05 bits per heavy atom. The van der Waals surface area contributed by atoms with E-state index >= 15 is 0 Å². The van der Waals surface area contributed by atoms with Crippen molar-refractivity contribution in [1.82, 2.24) is 0 Å². The molecule has 0 aliphatic rings. The molecular formula is C15H14O5. The zero-order valence-electron chi connectivity index (χ0n) is 11.4. The molecule has 104 valence electrons. The molecule has 0 amide bonds. The minimum Gasteiger partial charge on any atom is -0.496 e. The van der Waals surface area contributed by atoms with Crippen LogP contribution in [-0.2, 0) is 9.47 Å². The summed E-state index contributed by atoms with van der Waals surface area (Å²) < 4.78 is 14.8. The number of carbonyl (C=O) groups is 2. The summed E-state index contributed by atoms with van der Waals surface area (Å²) in [6.45, 7) is 0. The van der Waals surface area contributed by atoms with Gasteiger partial charge in [0.25, 0.3) is 0 Å². The van der Waals surface area contributed by atoms with Crippen LogP contribution in [0.1, 0.15) is 20.7 Å². The van der Waals surface area contributed by atoms with Gasteiger partial charge in [-0.15, -0.1) is 0 Å². The van der Waals surface area contributed by atoms with Gasteiger partial charge in [0.1, 0.15) is 5.75 Å². The molecule has 2 rings (SSSR count). The molecular weight excluding hydrogens is 260 g/mol. The van der Waals surface area contributed by atoms with Crippen molar-refractivity contribution in [3.05, 3.63) is 41.5 Å². The van der Waals surface area contributed by atoms with Crippen LogP contribution in [0.25, 0.3) is 10.8 Å². The summed E-state index contributed by atoms with van der Waals surface area (Å²) in [5.74, 6) is -0.715. The first-order valence-corrected chi connectivity index (χ1v) is 5.90. The van der Waals surface area contributed by atoms with Gasteiger partial charge in [-0.05, 0) is 6.07 Å². The summed E-state index contributed by atoms with van der Waals surface area (Å²) in [6, 6.07) is 8.62. The highest BCUT2D eigenvalue weighted by molar-refractivity contribution is 6.14. The van der Waals surface area contributed by atoms with Gasteiger partial charge in [-0.1, -0.05) is 24.3 Å². The van der Waals surface area contributed by atoms with Gasteiger partial charge in [0.15, 0.2) is 0 Å².